The second-order valence-corrected chi connectivity index (χ2v) is 31.2. The monoisotopic (exact) mass is 1520 g/mol. The van der Waals surface area contributed by atoms with E-state index in [1.807, 2.05) is 124 Å². The largest absolute Gasteiger partial charge is 0.390 e. The molecule has 9 aromatic heterocycles. The zero-order valence-corrected chi connectivity index (χ0v) is 64.6. The number of likely N-dealkylation sites (tertiary alicyclic amines) is 1. The molecule has 580 valence electrons. The van der Waals surface area contributed by atoms with Crippen molar-refractivity contribution in [2.45, 2.75) is 103 Å². The summed E-state index contributed by atoms with van der Waals surface area (Å²) in [6.45, 7) is 17.9. The topological polar surface area (TPSA) is 275 Å². The fourth-order valence-corrected chi connectivity index (χ4v) is 16.8. The molecule has 0 saturated carbocycles. The Kier molecular flexibility index (Phi) is 20.3. The first-order chi connectivity index (χ1) is 54.8. The molecule has 113 heavy (non-hydrogen) atoms. The fourth-order valence-electron chi connectivity index (χ4n) is 16.8. The molecule has 7 N–H and O–H groups in total. The molecule has 0 unspecified atom stereocenters. The minimum absolute atomic E-state index is 0.00750. The van der Waals surface area contributed by atoms with Gasteiger partial charge in [0.2, 0.25) is 0 Å². The summed E-state index contributed by atoms with van der Waals surface area (Å²) in [5.74, 6) is 2.20. The van der Waals surface area contributed by atoms with E-state index in [0.29, 0.717) is 85.0 Å². The zero-order chi connectivity index (χ0) is 77.9. The Hall–Kier alpha value is -11.6. The summed E-state index contributed by atoms with van der Waals surface area (Å²) in [5, 5.41) is 28.9. The summed E-state index contributed by atoms with van der Waals surface area (Å²) in [6.07, 6.45) is 14.8. The van der Waals surface area contributed by atoms with Crippen molar-refractivity contribution in [1.82, 2.24) is 73.8 Å². The molecule has 16 heterocycles. The number of aliphatic hydroxyl groups is 1. The summed E-state index contributed by atoms with van der Waals surface area (Å²) >= 11 is 0. The molecule has 0 aliphatic carbocycles. The Bertz CT molecular complexity index is 5440. The Morgan fingerprint density at radius 1 is 0.549 bits per heavy atom. The molecule has 0 bridgehead atoms. The number of anilines is 7. The van der Waals surface area contributed by atoms with Gasteiger partial charge in [-0.25, -0.2) is 34.3 Å². The van der Waals surface area contributed by atoms with Crippen LogP contribution in [0, 0.1) is 19.7 Å². The molecule has 4 saturated heterocycles. The van der Waals surface area contributed by atoms with Gasteiger partial charge in [-0.2, -0.15) is 0 Å². The Balaban J connectivity index is 0.000000123. The number of carbonyl (C=O) groups is 3. The van der Waals surface area contributed by atoms with Crippen LogP contribution in [-0.2, 0) is 46.9 Å². The second-order valence-electron chi connectivity index (χ2n) is 31.2. The number of aromatic nitrogens is 9. The number of β-amino-alcohol motifs (C(OH)–C–C–N with tert-alkyl or cyclic N) is 1. The molecule has 26 nitrogen and oxygen atoms in total. The summed E-state index contributed by atoms with van der Waals surface area (Å²) in [6, 6.07) is 35.1. The highest BCUT2D eigenvalue weighted by atomic mass is 19.1. The van der Waals surface area contributed by atoms with Crippen LogP contribution in [-0.4, -0.2) is 186 Å². The number of halogens is 1. The van der Waals surface area contributed by atoms with E-state index >= 15 is 0 Å². The third-order valence-corrected chi connectivity index (χ3v) is 22.8. The van der Waals surface area contributed by atoms with Crippen molar-refractivity contribution in [3.05, 3.63) is 225 Å². The van der Waals surface area contributed by atoms with Gasteiger partial charge in [0.05, 0.1) is 125 Å². The Labute approximate surface area is 653 Å². The molecule has 27 heteroatoms. The Morgan fingerprint density at radius 2 is 1.03 bits per heavy atom. The first-order valence-electron chi connectivity index (χ1n) is 38.6. The van der Waals surface area contributed by atoms with E-state index in [9.17, 15) is 23.9 Å². The molecule has 3 aromatic carbocycles. The van der Waals surface area contributed by atoms with E-state index in [0.717, 1.165) is 178 Å². The SMILES string of the molecule is CC(C)([C@H]1CN(c2ccc(Nc3ccc(-c4cnc5cc(F)ccn45)c4c3C(=O)NC4)nc2)CCO1)N1CC(O)C1.Cc1cccn2c(-c3ccc(Nc4ccc([C@@H]5CCOC5)c(CN(C)C)n4)c4c3CNC4=O)cnc12.Cc1cccn2c(-c3ccc(Nc4ccc([C@H]5CCOC5)c(CN(C)C)n4)c4c3CNC4=O)cnc12. The molecule has 0 spiro atoms. The third-order valence-electron chi connectivity index (χ3n) is 22.8. The van der Waals surface area contributed by atoms with Crippen LogP contribution in [0.15, 0.2) is 153 Å². The number of nitrogens with zero attached hydrogens (tertiary/aromatic N) is 13. The van der Waals surface area contributed by atoms with Gasteiger partial charge in [-0.3, -0.25) is 32.5 Å². The number of carbonyl (C=O) groups excluding carboxylic acids is 3. The van der Waals surface area contributed by atoms with Crippen LogP contribution in [0.2, 0.25) is 0 Å². The molecule has 19 rings (SSSR count). The number of amides is 3. The normalized spacial score (nSPS) is 18.1. The molecule has 3 atom stereocenters. The minimum atomic E-state index is -0.348. The van der Waals surface area contributed by atoms with Crippen molar-refractivity contribution in [2.24, 2.45) is 0 Å². The number of hydrogen-bond acceptors (Lipinski definition) is 20. The van der Waals surface area contributed by atoms with E-state index in [1.165, 1.54) is 23.3 Å². The van der Waals surface area contributed by atoms with Gasteiger partial charge in [-0.15, -0.1) is 0 Å². The lowest BCUT2D eigenvalue weighted by Gasteiger charge is -2.52. The number of rotatable bonds is 18. The summed E-state index contributed by atoms with van der Waals surface area (Å²) in [7, 11) is 8.20. The highest BCUT2D eigenvalue weighted by Crippen LogP contribution is 2.42. The average Bonchev–Trinajstić information content (AvgIpc) is 1.66. The number of ether oxygens (including phenoxy) is 3. The predicted molar refractivity (Wildman–Crippen MR) is 432 cm³/mol. The number of hydrogen-bond donors (Lipinski definition) is 7. The summed E-state index contributed by atoms with van der Waals surface area (Å²) in [5.41, 5.74) is 22.5. The van der Waals surface area contributed by atoms with Crippen molar-refractivity contribution in [2.75, 3.05) is 108 Å². The zero-order valence-electron chi connectivity index (χ0n) is 64.6. The van der Waals surface area contributed by atoms with Gasteiger partial charge < -0.3 is 65.9 Å². The fraction of sp³-hybridized carbons (Fsp3) is 0.337. The molecular formula is C86H92FN19O7. The molecule has 0 radical (unpaired) electrons. The van der Waals surface area contributed by atoms with Crippen LogP contribution in [0.25, 0.3) is 50.7 Å². The summed E-state index contributed by atoms with van der Waals surface area (Å²) < 4.78 is 37.1. The maximum absolute atomic E-state index is 13.7. The van der Waals surface area contributed by atoms with Crippen molar-refractivity contribution in [3.8, 4) is 33.8 Å². The van der Waals surface area contributed by atoms with Crippen molar-refractivity contribution >= 4 is 74.9 Å². The van der Waals surface area contributed by atoms with Crippen molar-refractivity contribution < 1.29 is 38.1 Å². The highest BCUT2D eigenvalue weighted by molar-refractivity contribution is 6.08. The van der Waals surface area contributed by atoms with E-state index < -0.39 is 0 Å². The number of aliphatic hydroxyl groups excluding tert-OH is 1. The van der Waals surface area contributed by atoms with Crippen molar-refractivity contribution in [3.63, 3.8) is 0 Å². The highest BCUT2D eigenvalue weighted by Gasteiger charge is 2.44. The van der Waals surface area contributed by atoms with Crippen LogP contribution >= 0.6 is 0 Å². The number of pyridine rings is 6. The molecular weight excluding hydrogens is 1430 g/mol. The quantitative estimate of drug-likeness (QED) is 0.0420. The first-order valence-corrected chi connectivity index (χ1v) is 38.6. The number of fused-ring (bicyclic) bond motifs is 6. The van der Waals surface area contributed by atoms with Crippen LogP contribution in [0.5, 0.6) is 0 Å². The summed E-state index contributed by atoms with van der Waals surface area (Å²) in [4.78, 5) is 75.8. The molecule has 3 amide bonds. The lowest BCUT2D eigenvalue weighted by molar-refractivity contribution is -0.121. The van der Waals surface area contributed by atoms with E-state index in [2.05, 4.69) is 144 Å². The second kappa shape index (κ2) is 30.8. The molecule has 12 aromatic rings. The van der Waals surface area contributed by atoms with Crippen LogP contribution in [0.1, 0.15) is 120 Å². The number of morpholine rings is 1. The van der Waals surface area contributed by atoms with Gasteiger partial charge in [-0.05, 0) is 168 Å². The molecule has 4 fully saturated rings. The van der Waals surface area contributed by atoms with Gasteiger partial charge in [0.1, 0.15) is 40.2 Å². The van der Waals surface area contributed by atoms with E-state index in [4.69, 9.17) is 24.2 Å². The number of aryl methyl sites for hydroxylation is 2. The Morgan fingerprint density at radius 3 is 1.49 bits per heavy atom. The van der Waals surface area contributed by atoms with E-state index in [-0.39, 0.29) is 41.3 Å². The smallest absolute Gasteiger partial charge is 0.254 e. The maximum Gasteiger partial charge on any atom is 0.254 e. The van der Waals surface area contributed by atoms with Crippen LogP contribution in [0.4, 0.5) is 44.6 Å². The van der Waals surface area contributed by atoms with Crippen LogP contribution < -0.4 is 36.8 Å². The lowest BCUT2D eigenvalue weighted by Crippen LogP contribution is -2.67. The predicted octanol–water partition coefficient (Wildman–Crippen LogP) is 11.7. The average molecular weight is 1520 g/mol. The van der Waals surface area contributed by atoms with Crippen molar-refractivity contribution in [1.29, 1.82) is 0 Å². The number of benzene rings is 3. The van der Waals surface area contributed by atoms with Gasteiger partial charge in [-0.1, -0.05) is 42.5 Å². The van der Waals surface area contributed by atoms with Gasteiger partial charge in [0.25, 0.3) is 17.7 Å². The van der Waals surface area contributed by atoms with Gasteiger partial charge in [0, 0.05) is 131 Å². The number of imidazole rings is 3. The lowest BCUT2D eigenvalue weighted by atomic mass is 9.89. The van der Waals surface area contributed by atoms with Crippen LogP contribution in [0.3, 0.4) is 0 Å². The van der Waals surface area contributed by atoms with Gasteiger partial charge in [0.15, 0.2) is 0 Å². The first kappa shape index (κ1) is 74.2. The standard InChI is InChI=1S/C30H32FN7O3.2C28H30N6O2/c1-30(2,37-15-20(39)16-37)25-17-36(9-10-41-25)19-3-6-26(32-12-19)35-23-5-4-21(22-13-34-29(40)28(22)23)24-14-33-27-11-18(31)7-8-38(24)27;2*1-17-5-4-11-34-24(14-29-27(17)34)20-6-8-22(26-21(20)13-30-28(26)35)31-25-9-7-19(18-10-12-36-16-18)23(32-25)15-33(2)3/h3-8,11-12,14,20,25,39H,9-10,13,15-17H2,1-2H3,(H,32,35)(H,34,40);2*4-9,11,14,18H,10,12-13,15-16H2,1-3H3,(H,30,35)(H,31,32)/t25-;2*18-/m110/s1. The van der Waals surface area contributed by atoms with E-state index in [1.54, 1.807) is 12.4 Å². The maximum atomic E-state index is 13.7. The molecule has 7 aliphatic heterocycles. The van der Waals surface area contributed by atoms with Gasteiger partial charge >= 0.3 is 0 Å². The number of nitrogens with one attached hydrogen (secondary N) is 6. The molecule has 7 aliphatic rings. The third kappa shape index (κ3) is 14.6. The minimum Gasteiger partial charge on any atom is -0.390 e.